The van der Waals surface area contributed by atoms with Gasteiger partial charge in [-0.1, -0.05) is 66.2 Å². The van der Waals surface area contributed by atoms with Crippen molar-refractivity contribution >= 4 is 11.6 Å². The van der Waals surface area contributed by atoms with Crippen molar-refractivity contribution in [3.05, 3.63) is 34.9 Å². The van der Waals surface area contributed by atoms with Crippen LogP contribution in [0.2, 0.25) is 0 Å². The predicted octanol–water partition coefficient (Wildman–Crippen LogP) is 6.65. The maximum Gasteiger partial charge on any atom is 0.0613 e. The van der Waals surface area contributed by atoms with Gasteiger partial charge >= 0.3 is 0 Å². The van der Waals surface area contributed by atoms with E-state index < -0.39 is 0 Å². The molecule has 0 saturated heterocycles. The average Bonchev–Trinajstić information content (AvgIpc) is 2.37. The van der Waals surface area contributed by atoms with Gasteiger partial charge < -0.3 is 0 Å². The van der Waals surface area contributed by atoms with Gasteiger partial charge in [-0.05, 0) is 40.9 Å². The van der Waals surface area contributed by atoms with E-state index in [4.69, 9.17) is 11.6 Å². The molecule has 1 aromatic carbocycles. The summed E-state index contributed by atoms with van der Waals surface area (Å²) < 4.78 is 0. The summed E-state index contributed by atoms with van der Waals surface area (Å²) in [6, 6.07) is 6.87. The zero-order chi connectivity index (χ0) is 14.6. The molecule has 0 radical (unpaired) electrons. The van der Waals surface area contributed by atoms with Crippen molar-refractivity contribution in [2.45, 2.75) is 71.6 Å². The van der Waals surface area contributed by atoms with E-state index >= 15 is 0 Å². The minimum absolute atomic E-state index is 0.138. The van der Waals surface area contributed by atoms with Crippen molar-refractivity contribution in [2.75, 3.05) is 0 Å². The summed E-state index contributed by atoms with van der Waals surface area (Å²) >= 11 is 6.72. The Morgan fingerprint density at radius 3 is 2.05 bits per heavy atom. The molecule has 1 rings (SSSR count). The average molecular weight is 281 g/mol. The van der Waals surface area contributed by atoms with Crippen LogP contribution >= 0.6 is 11.6 Å². The monoisotopic (exact) mass is 280 g/mol. The molecular weight excluding hydrogens is 252 g/mol. The molecule has 0 heterocycles. The molecule has 1 heteroatoms. The fourth-order valence-electron chi connectivity index (χ4n) is 2.61. The van der Waals surface area contributed by atoms with Gasteiger partial charge in [0.15, 0.2) is 0 Å². The standard InChI is InChI=1S/C18H29Cl/c1-7-8-14(6)18(19)16-10-9-15(12(2)3)11-17(16)13(4)5/h9-14,18H,7-8H2,1-6H3. The molecule has 0 fully saturated rings. The van der Waals surface area contributed by atoms with Crippen LogP contribution in [0.15, 0.2) is 18.2 Å². The predicted molar refractivity (Wildman–Crippen MR) is 87.3 cm³/mol. The minimum Gasteiger partial charge on any atom is -0.118 e. The number of hydrogen-bond donors (Lipinski definition) is 0. The zero-order valence-corrected chi connectivity index (χ0v) is 14.1. The van der Waals surface area contributed by atoms with Gasteiger partial charge in [0, 0.05) is 0 Å². The Morgan fingerprint density at radius 1 is 0.947 bits per heavy atom. The van der Waals surface area contributed by atoms with Crippen LogP contribution in [0.4, 0.5) is 0 Å². The second-order valence-electron chi connectivity index (χ2n) is 6.37. The lowest BCUT2D eigenvalue weighted by molar-refractivity contribution is 0.504. The zero-order valence-electron chi connectivity index (χ0n) is 13.3. The van der Waals surface area contributed by atoms with Crippen molar-refractivity contribution in [2.24, 2.45) is 5.92 Å². The number of halogens is 1. The van der Waals surface area contributed by atoms with E-state index in [-0.39, 0.29) is 5.38 Å². The van der Waals surface area contributed by atoms with Crippen molar-refractivity contribution < 1.29 is 0 Å². The molecular formula is C18H29Cl. The molecule has 2 unspecified atom stereocenters. The van der Waals surface area contributed by atoms with Crippen LogP contribution < -0.4 is 0 Å². The van der Waals surface area contributed by atoms with Crippen LogP contribution in [0.1, 0.15) is 88.3 Å². The Hall–Kier alpha value is -0.490. The van der Waals surface area contributed by atoms with Gasteiger partial charge in [0.05, 0.1) is 5.38 Å². The number of rotatable bonds is 6. The molecule has 0 saturated carbocycles. The largest absolute Gasteiger partial charge is 0.118 e. The van der Waals surface area contributed by atoms with Gasteiger partial charge in [0.25, 0.3) is 0 Å². The summed E-state index contributed by atoms with van der Waals surface area (Å²) in [5.74, 6) is 1.64. The highest BCUT2D eigenvalue weighted by atomic mass is 35.5. The summed E-state index contributed by atoms with van der Waals surface area (Å²) in [6.07, 6.45) is 2.39. The molecule has 0 amide bonds. The molecule has 0 nitrogen and oxygen atoms in total. The number of hydrogen-bond acceptors (Lipinski definition) is 0. The maximum absolute atomic E-state index is 6.72. The molecule has 0 aliphatic rings. The van der Waals surface area contributed by atoms with Crippen LogP contribution in [-0.4, -0.2) is 0 Å². The third-order valence-electron chi connectivity index (χ3n) is 3.94. The van der Waals surface area contributed by atoms with E-state index in [1.165, 1.54) is 29.5 Å². The van der Waals surface area contributed by atoms with Crippen molar-refractivity contribution in [1.82, 2.24) is 0 Å². The van der Waals surface area contributed by atoms with Crippen LogP contribution in [0.5, 0.6) is 0 Å². The number of benzene rings is 1. The van der Waals surface area contributed by atoms with E-state index in [9.17, 15) is 0 Å². The first-order valence-electron chi connectivity index (χ1n) is 7.66. The molecule has 0 N–H and O–H groups in total. The van der Waals surface area contributed by atoms with E-state index in [1.807, 2.05) is 0 Å². The Kier molecular flexibility index (Phi) is 6.39. The van der Waals surface area contributed by atoms with Gasteiger partial charge in [-0.25, -0.2) is 0 Å². The van der Waals surface area contributed by atoms with Crippen LogP contribution in [0, 0.1) is 5.92 Å². The highest BCUT2D eigenvalue weighted by Gasteiger charge is 2.20. The summed E-state index contributed by atoms with van der Waals surface area (Å²) in [5, 5.41) is 0.138. The Labute approximate surface area is 124 Å². The summed E-state index contributed by atoms with van der Waals surface area (Å²) in [7, 11) is 0. The first kappa shape index (κ1) is 16.6. The summed E-state index contributed by atoms with van der Waals surface area (Å²) in [6.45, 7) is 13.5. The minimum atomic E-state index is 0.138. The quantitative estimate of drug-likeness (QED) is 0.512. The second kappa shape index (κ2) is 7.33. The highest BCUT2D eigenvalue weighted by Crippen LogP contribution is 2.37. The van der Waals surface area contributed by atoms with Gasteiger partial charge in [-0.3, -0.25) is 0 Å². The molecule has 0 bridgehead atoms. The normalized spacial score (nSPS) is 15.0. The Bertz CT molecular complexity index is 393. The Morgan fingerprint density at radius 2 is 1.58 bits per heavy atom. The van der Waals surface area contributed by atoms with Crippen LogP contribution in [0.25, 0.3) is 0 Å². The maximum atomic E-state index is 6.72. The molecule has 2 atom stereocenters. The first-order valence-corrected chi connectivity index (χ1v) is 8.09. The fraction of sp³-hybridized carbons (Fsp3) is 0.667. The van der Waals surface area contributed by atoms with Gasteiger partial charge in [0.1, 0.15) is 0 Å². The molecule has 0 aliphatic carbocycles. The molecule has 0 aromatic heterocycles. The lowest BCUT2D eigenvalue weighted by Gasteiger charge is -2.23. The van der Waals surface area contributed by atoms with Crippen LogP contribution in [0.3, 0.4) is 0 Å². The summed E-state index contributed by atoms with van der Waals surface area (Å²) in [4.78, 5) is 0. The SMILES string of the molecule is CCCC(C)C(Cl)c1ccc(C(C)C)cc1C(C)C. The van der Waals surface area contributed by atoms with E-state index in [0.717, 1.165) is 0 Å². The van der Waals surface area contributed by atoms with Gasteiger partial charge in [-0.2, -0.15) is 0 Å². The first-order chi connectivity index (χ1) is 8.88. The molecule has 108 valence electrons. The van der Waals surface area contributed by atoms with Crippen molar-refractivity contribution in [3.63, 3.8) is 0 Å². The van der Waals surface area contributed by atoms with E-state index in [1.54, 1.807) is 0 Å². The second-order valence-corrected chi connectivity index (χ2v) is 6.84. The third-order valence-corrected chi connectivity index (χ3v) is 4.61. The molecule has 19 heavy (non-hydrogen) atoms. The Balaban J connectivity index is 3.12. The van der Waals surface area contributed by atoms with Gasteiger partial charge in [-0.15, -0.1) is 11.6 Å². The molecule has 1 aromatic rings. The smallest absolute Gasteiger partial charge is 0.0613 e. The van der Waals surface area contributed by atoms with Crippen molar-refractivity contribution in [1.29, 1.82) is 0 Å². The summed E-state index contributed by atoms with van der Waals surface area (Å²) in [5.41, 5.74) is 4.18. The lowest BCUT2D eigenvalue weighted by atomic mass is 9.86. The topological polar surface area (TPSA) is 0 Å². The van der Waals surface area contributed by atoms with E-state index in [0.29, 0.717) is 17.8 Å². The molecule has 0 aliphatic heterocycles. The lowest BCUT2D eigenvalue weighted by Crippen LogP contribution is -2.08. The third kappa shape index (κ3) is 4.24. The van der Waals surface area contributed by atoms with Crippen LogP contribution in [-0.2, 0) is 0 Å². The molecule has 0 spiro atoms. The van der Waals surface area contributed by atoms with Crippen molar-refractivity contribution in [3.8, 4) is 0 Å². The van der Waals surface area contributed by atoms with Gasteiger partial charge in [0.2, 0.25) is 0 Å². The highest BCUT2D eigenvalue weighted by molar-refractivity contribution is 6.21. The van der Waals surface area contributed by atoms with E-state index in [2.05, 4.69) is 59.7 Å². The number of alkyl halides is 1. The fourth-order valence-corrected chi connectivity index (χ4v) is 2.94.